The zero-order chi connectivity index (χ0) is 16.8. The van der Waals surface area contributed by atoms with E-state index in [9.17, 15) is 4.79 Å². The van der Waals surface area contributed by atoms with Crippen LogP contribution < -0.4 is 0 Å². The molecule has 0 fully saturated rings. The molecule has 3 aromatic rings. The van der Waals surface area contributed by atoms with Crippen LogP contribution in [0.25, 0.3) is 10.9 Å². The fraction of sp³-hybridized carbons (Fsp3) is 0.200. The Morgan fingerprint density at radius 3 is 2.79 bits per heavy atom. The molecule has 24 heavy (non-hydrogen) atoms. The maximum atomic E-state index is 11.4. The van der Waals surface area contributed by atoms with Crippen molar-refractivity contribution in [2.24, 2.45) is 0 Å². The zero-order valence-electron chi connectivity index (χ0n) is 13.7. The fourth-order valence-electron chi connectivity index (χ4n) is 2.70. The maximum absolute atomic E-state index is 11.4. The number of hydrogen-bond donors (Lipinski definition) is 0. The molecule has 4 nitrogen and oxygen atoms in total. The van der Waals surface area contributed by atoms with Crippen LogP contribution in [0.2, 0.25) is 0 Å². The highest BCUT2D eigenvalue weighted by molar-refractivity contribution is 5.84. The van der Waals surface area contributed by atoms with Crippen LogP contribution in [-0.2, 0) is 22.5 Å². The molecule has 0 aliphatic carbocycles. The third-order valence-electron chi connectivity index (χ3n) is 3.83. The minimum Gasteiger partial charge on any atom is -0.463 e. The van der Waals surface area contributed by atoms with E-state index in [1.54, 1.807) is 6.92 Å². The number of aromatic nitrogens is 2. The average Bonchev–Trinajstić information content (AvgIpc) is 3.00. The molecular weight excluding hydrogens is 300 g/mol. The number of hydrogen-bond acceptors (Lipinski definition) is 3. The van der Waals surface area contributed by atoms with E-state index in [4.69, 9.17) is 4.74 Å². The first-order valence-electron chi connectivity index (χ1n) is 8.08. The van der Waals surface area contributed by atoms with Crippen LogP contribution in [0.15, 0.2) is 66.9 Å². The Labute approximate surface area is 141 Å². The number of benzene rings is 2. The number of nitrogens with zero attached hydrogens (tertiary/aromatic N) is 2. The molecule has 0 amide bonds. The van der Waals surface area contributed by atoms with Gasteiger partial charge in [-0.05, 0) is 30.5 Å². The molecule has 4 heteroatoms. The van der Waals surface area contributed by atoms with Crippen molar-refractivity contribution in [2.75, 3.05) is 6.61 Å². The first-order valence-corrected chi connectivity index (χ1v) is 8.08. The highest BCUT2D eigenvalue weighted by atomic mass is 16.5. The summed E-state index contributed by atoms with van der Waals surface area (Å²) < 4.78 is 6.90. The van der Waals surface area contributed by atoms with E-state index < -0.39 is 0 Å². The highest BCUT2D eigenvalue weighted by Crippen LogP contribution is 2.20. The van der Waals surface area contributed by atoms with Crippen LogP contribution in [0, 0.1) is 0 Å². The number of ether oxygens (including phenoxy) is 1. The smallest absolute Gasteiger partial charge is 0.330 e. The third kappa shape index (κ3) is 3.71. The lowest BCUT2D eigenvalue weighted by Gasteiger charge is -2.05. The Morgan fingerprint density at radius 1 is 1.17 bits per heavy atom. The number of rotatable bonds is 6. The number of fused-ring (bicyclic) bond motifs is 1. The maximum Gasteiger partial charge on any atom is 0.330 e. The summed E-state index contributed by atoms with van der Waals surface area (Å²) in [5.74, 6) is -0.301. The van der Waals surface area contributed by atoms with Crippen LogP contribution in [-0.4, -0.2) is 22.4 Å². The number of allylic oxidation sites excluding steroid dienone is 1. The van der Waals surface area contributed by atoms with Crippen LogP contribution >= 0.6 is 0 Å². The Morgan fingerprint density at radius 2 is 2.00 bits per heavy atom. The predicted octanol–water partition coefficient (Wildman–Crippen LogP) is 3.75. The highest BCUT2D eigenvalue weighted by Gasteiger charge is 2.07. The average molecular weight is 320 g/mol. The number of carbonyl (C=O) groups excluding carboxylic acids is 1. The molecular formula is C20H20N2O2. The minimum absolute atomic E-state index is 0.301. The van der Waals surface area contributed by atoms with Crippen LogP contribution in [0.5, 0.6) is 0 Å². The molecule has 0 saturated carbocycles. The molecule has 1 heterocycles. The van der Waals surface area contributed by atoms with Gasteiger partial charge in [-0.1, -0.05) is 48.5 Å². The van der Waals surface area contributed by atoms with Gasteiger partial charge in [0.05, 0.1) is 24.9 Å². The van der Waals surface area contributed by atoms with Crippen molar-refractivity contribution < 1.29 is 9.53 Å². The summed E-state index contributed by atoms with van der Waals surface area (Å²) in [5, 5.41) is 5.64. The first-order chi connectivity index (χ1) is 11.8. The summed E-state index contributed by atoms with van der Waals surface area (Å²) in [6, 6.07) is 16.4. The van der Waals surface area contributed by atoms with Crippen molar-refractivity contribution >= 4 is 16.9 Å². The van der Waals surface area contributed by atoms with Gasteiger partial charge in [-0.25, -0.2) is 4.79 Å². The van der Waals surface area contributed by atoms with Crippen molar-refractivity contribution in [3.05, 3.63) is 78.0 Å². The van der Waals surface area contributed by atoms with Gasteiger partial charge in [0.1, 0.15) is 0 Å². The quantitative estimate of drug-likeness (QED) is 0.513. The van der Waals surface area contributed by atoms with Gasteiger partial charge in [-0.2, -0.15) is 5.10 Å². The molecule has 122 valence electrons. The van der Waals surface area contributed by atoms with Crippen molar-refractivity contribution in [1.29, 1.82) is 0 Å². The van der Waals surface area contributed by atoms with Gasteiger partial charge in [0.25, 0.3) is 0 Å². The van der Waals surface area contributed by atoms with E-state index in [0.717, 1.165) is 23.0 Å². The monoisotopic (exact) mass is 320 g/mol. The molecule has 1 aromatic heterocycles. The topological polar surface area (TPSA) is 44.1 Å². The zero-order valence-corrected chi connectivity index (χ0v) is 13.7. The molecule has 2 aromatic carbocycles. The van der Waals surface area contributed by atoms with Crippen molar-refractivity contribution in [1.82, 2.24) is 9.78 Å². The molecule has 0 N–H and O–H groups in total. The Hall–Kier alpha value is -2.88. The van der Waals surface area contributed by atoms with Gasteiger partial charge in [-0.15, -0.1) is 0 Å². The van der Waals surface area contributed by atoms with Crippen LogP contribution in [0.4, 0.5) is 0 Å². The molecule has 0 spiro atoms. The third-order valence-corrected chi connectivity index (χ3v) is 3.83. The number of carbonyl (C=O) groups is 1. The van der Waals surface area contributed by atoms with Gasteiger partial charge >= 0.3 is 5.97 Å². The molecule has 0 saturated heterocycles. The van der Waals surface area contributed by atoms with E-state index in [1.807, 2.05) is 41.2 Å². The molecule has 0 radical (unpaired) electrons. The first kappa shape index (κ1) is 16.0. The van der Waals surface area contributed by atoms with Gasteiger partial charge in [0.15, 0.2) is 0 Å². The molecule has 0 bridgehead atoms. The van der Waals surface area contributed by atoms with Crippen molar-refractivity contribution in [3.8, 4) is 0 Å². The lowest BCUT2D eigenvalue weighted by atomic mass is 10.1. The summed E-state index contributed by atoms with van der Waals surface area (Å²) in [7, 11) is 0. The normalized spacial score (nSPS) is 11.2. The van der Waals surface area contributed by atoms with Crippen LogP contribution in [0.3, 0.4) is 0 Å². The van der Waals surface area contributed by atoms with Gasteiger partial charge in [0.2, 0.25) is 0 Å². The van der Waals surface area contributed by atoms with E-state index >= 15 is 0 Å². The predicted molar refractivity (Wildman–Crippen MR) is 94.8 cm³/mol. The second-order valence-electron chi connectivity index (χ2n) is 5.50. The SMILES string of the molecule is CCOC(=O)/C=C/Cc1cccc2c1cnn2Cc1ccccc1. The summed E-state index contributed by atoms with van der Waals surface area (Å²) in [4.78, 5) is 11.4. The molecule has 0 atom stereocenters. The summed E-state index contributed by atoms with van der Waals surface area (Å²) in [5.41, 5.74) is 3.46. The second-order valence-corrected chi connectivity index (χ2v) is 5.50. The largest absolute Gasteiger partial charge is 0.463 e. The van der Waals surface area contributed by atoms with E-state index in [2.05, 4.69) is 29.4 Å². The summed E-state index contributed by atoms with van der Waals surface area (Å²) in [6.07, 6.45) is 5.89. The lowest BCUT2D eigenvalue weighted by molar-refractivity contribution is -0.137. The minimum atomic E-state index is -0.301. The lowest BCUT2D eigenvalue weighted by Crippen LogP contribution is -2.01. The Kier molecular flexibility index (Phi) is 5.06. The van der Waals surface area contributed by atoms with Crippen molar-refractivity contribution in [3.63, 3.8) is 0 Å². The molecule has 0 aliphatic rings. The summed E-state index contributed by atoms with van der Waals surface area (Å²) >= 11 is 0. The van der Waals surface area contributed by atoms with Crippen molar-refractivity contribution in [2.45, 2.75) is 19.9 Å². The Bertz CT molecular complexity index is 850. The van der Waals surface area contributed by atoms with Gasteiger partial charge in [0, 0.05) is 11.5 Å². The van der Waals surface area contributed by atoms with Gasteiger partial charge < -0.3 is 4.74 Å². The van der Waals surface area contributed by atoms with E-state index in [0.29, 0.717) is 13.0 Å². The van der Waals surface area contributed by atoms with E-state index in [-0.39, 0.29) is 5.97 Å². The molecule has 0 unspecified atom stereocenters. The summed E-state index contributed by atoms with van der Waals surface area (Å²) in [6.45, 7) is 2.94. The second kappa shape index (κ2) is 7.59. The molecule has 3 rings (SSSR count). The van der Waals surface area contributed by atoms with E-state index in [1.165, 1.54) is 11.6 Å². The number of esters is 1. The van der Waals surface area contributed by atoms with Crippen LogP contribution in [0.1, 0.15) is 18.1 Å². The standard InChI is InChI=1S/C20H20N2O2/c1-2-24-20(23)13-7-11-17-10-6-12-19-18(17)14-21-22(19)15-16-8-4-3-5-9-16/h3-10,12-14H,2,11,15H2,1H3/b13-7+. The molecule has 0 aliphatic heterocycles. The Balaban J connectivity index is 1.80. The van der Waals surface area contributed by atoms with Gasteiger partial charge in [-0.3, -0.25) is 4.68 Å². The fourth-order valence-corrected chi connectivity index (χ4v) is 2.70.